The van der Waals surface area contributed by atoms with Crippen molar-refractivity contribution in [3.63, 3.8) is 0 Å². The Morgan fingerprint density at radius 3 is 1.90 bits per heavy atom. The molecule has 1 unspecified atom stereocenters. The molecular weight excluding hydrogens is 254 g/mol. The Morgan fingerprint density at radius 2 is 1.50 bits per heavy atom. The third-order valence-corrected chi connectivity index (χ3v) is 2.94. The molecule has 1 atom stereocenters. The number of hydrogen-bond acceptors (Lipinski definition) is 4. The average Bonchev–Trinajstić information content (AvgIpc) is 2.41. The number of methoxy groups -OCH3 is 2. The maximum atomic E-state index is 6.02. The van der Waals surface area contributed by atoms with Gasteiger partial charge in [-0.15, -0.1) is 0 Å². The molecule has 0 bridgehead atoms. The van der Waals surface area contributed by atoms with Crippen LogP contribution in [0.5, 0.6) is 17.2 Å². The zero-order valence-electron chi connectivity index (χ0n) is 13.4. The zero-order valence-corrected chi connectivity index (χ0v) is 13.4. The minimum absolute atomic E-state index is 0.0862. The summed E-state index contributed by atoms with van der Waals surface area (Å²) in [5.74, 6) is 2.24. The molecule has 0 fully saturated rings. The molecule has 0 aliphatic heterocycles. The number of hydrogen-bond donors (Lipinski definition) is 1. The second kappa shape index (κ2) is 7.39. The molecule has 0 aliphatic rings. The van der Waals surface area contributed by atoms with Crippen LogP contribution >= 0.6 is 0 Å². The normalized spacial score (nSPS) is 12.9. The van der Waals surface area contributed by atoms with Crippen molar-refractivity contribution >= 4 is 0 Å². The molecule has 1 rings (SSSR count). The third-order valence-electron chi connectivity index (χ3n) is 2.94. The van der Waals surface area contributed by atoms with Crippen molar-refractivity contribution in [2.75, 3.05) is 20.8 Å². The minimum Gasteiger partial charge on any atom is -0.496 e. The standard InChI is InChI=1S/C16H27NO3/c1-7-12(11-17-16(2,3)4)20-15-9-13(18-5)8-14(10-15)19-6/h8-10,12,17H,7,11H2,1-6H3. The number of rotatable bonds is 7. The van der Waals surface area contributed by atoms with E-state index >= 15 is 0 Å². The van der Waals surface area contributed by atoms with Crippen LogP contribution in [0, 0.1) is 0 Å². The number of nitrogens with one attached hydrogen (secondary N) is 1. The van der Waals surface area contributed by atoms with Crippen molar-refractivity contribution in [2.45, 2.75) is 45.8 Å². The molecule has 1 aromatic rings. The van der Waals surface area contributed by atoms with E-state index in [1.165, 1.54) is 0 Å². The molecule has 1 aromatic carbocycles. The Bertz CT molecular complexity index is 390. The van der Waals surface area contributed by atoms with Gasteiger partial charge in [-0.2, -0.15) is 0 Å². The first-order valence-electron chi connectivity index (χ1n) is 7.02. The molecule has 0 aromatic heterocycles. The van der Waals surface area contributed by atoms with Gasteiger partial charge in [-0.25, -0.2) is 0 Å². The van der Waals surface area contributed by atoms with Gasteiger partial charge in [0.1, 0.15) is 23.4 Å². The third kappa shape index (κ3) is 5.70. The molecule has 0 radical (unpaired) electrons. The van der Waals surface area contributed by atoms with E-state index in [0.717, 1.165) is 30.2 Å². The molecule has 0 amide bonds. The molecule has 20 heavy (non-hydrogen) atoms. The zero-order chi connectivity index (χ0) is 15.2. The molecule has 1 N–H and O–H groups in total. The van der Waals surface area contributed by atoms with Crippen molar-refractivity contribution in [2.24, 2.45) is 0 Å². The highest BCUT2D eigenvalue weighted by atomic mass is 16.5. The fourth-order valence-corrected chi connectivity index (χ4v) is 1.73. The first-order valence-corrected chi connectivity index (χ1v) is 7.02. The van der Waals surface area contributed by atoms with Crippen molar-refractivity contribution in [1.29, 1.82) is 0 Å². The van der Waals surface area contributed by atoms with Gasteiger partial charge < -0.3 is 19.5 Å². The van der Waals surface area contributed by atoms with Crippen LogP contribution in [0.3, 0.4) is 0 Å². The summed E-state index contributed by atoms with van der Waals surface area (Å²) in [5.41, 5.74) is 0.0862. The average molecular weight is 281 g/mol. The second-order valence-electron chi connectivity index (χ2n) is 5.83. The fraction of sp³-hybridized carbons (Fsp3) is 0.625. The quantitative estimate of drug-likeness (QED) is 0.833. The van der Waals surface area contributed by atoms with Crippen molar-refractivity contribution < 1.29 is 14.2 Å². The summed E-state index contributed by atoms with van der Waals surface area (Å²) < 4.78 is 16.5. The van der Waals surface area contributed by atoms with E-state index in [2.05, 4.69) is 33.0 Å². The molecule has 4 nitrogen and oxygen atoms in total. The van der Waals surface area contributed by atoms with Crippen molar-refractivity contribution in [3.8, 4) is 17.2 Å². The lowest BCUT2D eigenvalue weighted by molar-refractivity contribution is 0.180. The maximum absolute atomic E-state index is 6.02. The van der Waals surface area contributed by atoms with Crippen LogP contribution in [0.15, 0.2) is 18.2 Å². The molecule has 0 saturated carbocycles. The predicted octanol–water partition coefficient (Wildman–Crippen LogP) is 3.25. The lowest BCUT2D eigenvalue weighted by atomic mass is 10.1. The van der Waals surface area contributed by atoms with Crippen LogP contribution in [-0.4, -0.2) is 32.4 Å². The monoisotopic (exact) mass is 281 g/mol. The van der Waals surface area contributed by atoms with Gasteiger partial charge in [-0.3, -0.25) is 0 Å². The molecular formula is C16H27NO3. The lowest BCUT2D eigenvalue weighted by Crippen LogP contribution is -2.42. The van der Waals surface area contributed by atoms with Gasteiger partial charge in [0.15, 0.2) is 0 Å². The van der Waals surface area contributed by atoms with Crippen LogP contribution in [0.2, 0.25) is 0 Å². The van der Waals surface area contributed by atoms with E-state index in [1.54, 1.807) is 14.2 Å². The Hall–Kier alpha value is -1.42. The fourth-order valence-electron chi connectivity index (χ4n) is 1.73. The van der Waals surface area contributed by atoms with E-state index in [4.69, 9.17) is 14.2 Å². The van der Waals surface area contributed by atoms with E-state index < -0.39 is 0 Å². The van der Waals surface area contributed by atoms with Gasteiger partial charge in [0.25, 0.3) is 0 Å². The Balaban J connectivity index is 2.73. The summed E-state index contributed by atoms with van der Waals surface area (Å²) in [5, 5.41) is 3.46. The number of ether oxygens (including phenoxy) is 3. The van der Waals surface area contributed by atoms with Gasteiger partial charge in [0.05, 0.1) is 14.2 Å². The van der Waals surface area contributed by atoms with Crippen LogP contribution in [0.25, 0.3) is 0 Å². The van der Waals surface area contributed by atoms with Crippen molar-refractivity contribution in [1.82, 2.24) is 5.32 Å². The second-order valence-corrected chi connectivity index (χ2v) is 5.83. The molecule has 0 saturated heterocycles. The molecule has 4 heteroatoms. The lowest BCUT2D eigenvalue weighted by Gasteiger charge is -2.25. The summed E-state index contributed by atoms with van der Waals surface area (Å²) in [6, 6.07) is 5.59. The van der Waals surface area contributed by atoms with Crippen LogP contribution < -0.4 is 19.5 Å². The van der Waals surface area contributed by atoms with Crippen LogP contribution in [-0.2, 0) is 0 Å². The summed E-state index contributed by atoms with van der Waals surface area (Å²) >= 11 is 0. The van der Waals surface area contributed by atoms with Crippen molar-refractivity contribution in [3.05, 3.63) is 18.2 Å². The first kappa shape index (κ1) is 16.6. The van der Waals surface area contributed by atoms with Gasteiger partial charge in [-0.1, -0.05) is 6.92 Å². The smallest absolute Gasteiger partial charge is 0.127 e. The topological polar surface area (TPSA) is 39.7 Å². The molecule has 0 aliphatic carbocycles. The summed E-state index contributed by atoms with van der Waals surface area (Å²) in [6.07, 6.45) is 1.05. The molecule has 0 heterocycles. The minimum atomic E-state index is 0.0862. The van der Waals surface area contributed by atoms with E-state index in [1.807, 2.05) is 18.2 Å². The van der Waals surface area contributed by atoms with E-state index in [-0.39, 0.29) is 11.6 Å². The number of benzene rings is 1. The van der Waals surface area contributed by atoms with Gasteiger partial charge in [0.2, 0.25) is 0 Å². The first-order chi connectivity index (χ1) is 9.37. The van der Waals surface area contributed by atoms with Crippen LogP contribution in [0.4, 0.5) is 0 Å². The van der Waals surface area contributed by atoms with E-state index in [9.17, 15) is 0 Å². The highest BCUT2D eigenvalue weighted by molar-refractivity contribution is 5.42. The summed E-state index contributed by atoms with van der Waals surface area (Å²) in [6.45, 7) is 9.36. The Morgan fingerprint density at radius 1 is 1.00 bits per heavy atom. The summed E-state index contributed by atoms with van der Waals surface area (Å²) in [4.78, 5) is 0. The molecule has 114 valence electrons. The highest BCUT2D eigenvalue weighted by Gasteiger charge is 2.15. The van der Waals surface area contributed by atoms with E-state index in [0.29, 0.717) is 0 Å². The van der Waals surface area contributed by atoms with Gasteiger partial charge in [-0.05, 0) is 27.2 Å². The Labute approximate surface area is 122 Å². The highest BCUT2D eigenvalue weighted by Crippen LogP contribution is 2.28. The van der Waals surface area contributed by atoms with Gasteiger partial charge in [0, 0.05) is 30.3 Å². The SMILES string of the molecule is CCC(CNC(C)(C)C)Oc1cc(OC)cc(OC)c1. The summed E-state index contributed by atoms with van der Waals surface area (Å²) in [7, 11) is 3.27. The largest absolute Gasteiger partial charge is 0.496 e. The maximum Gasteiger partial charge on any atom is 0.127 e. The molecule has 0 spiro atoms. The van der Waals surface area contributed by atoms with Crippen LogP contribution in [0.1, 0.15) is 34.1 Å². The van der Waals surface area contributed by atoms with Gasteiger partial charge >= 0.3 is 0 Å². The Kier molecular flexibility index (Phi) is 6.14. The predicted molar refractivity (Wildman–Crippen MR) is 82.0 cm³/mol.